The lowest BCUT2D eigenvalue weighted by Crippen LogP contribution is -2.34. The summed E-state index contributed by atoms with van der Waals surface area (Å²) in [5.41, 5.74) is 2.04. The third-order valence-corrected chi connectivity index (χ3v) is 4.61. The van der Waals surface area contributed by atoms with Crippen LogP contribution in [0.4, 0.5) is 5.95 Å². The number of carbonyl (C=O) groups excluding carboxylic acids is 1. The van der Waals surface area contributed by atoms with E-state index in [1.807, 2.05) is 36.2 Å². The molecule has 1 N–H and O–H groups in total. The van der Waals surface area contributed by atoms with Crippen molar-refractivity contribution in [1.82, 2.24) is 19.9 Å². The van der Waals surface area contributed by atoms with E-state index in [1.54, 1.807) is 12.3 Å². The van der Waals surface area contributed by atoms with Gasteiger partial charge in [0.1, 0.15) is 11.8 Å². The van der Waals surface area contributed by atoms with Crippen molar-refractivity contribution < 1.29 is 4.79 Å². The lowest BCUT2D eigenvalue weighted by Gasteiger charge is -2.28. The minimum absolute atomic E-state index is 0.0941. The molecular formula is C18H18N6O. The molecule has 7 heteroatoms. The van der Waals surface area contributed by atoms with E-state index in [0.717, 1.165) is 24.1 Å². The van der Waals surface area contributed by atoms with Crippen molar-refractivity contribution in [3.63, 3.8) is 0 Å². The van der Waals surface area contributed by atoms with Crippen molar-refractivity contribution in [3.8, 4) is 6.07 Å². The summed E-state index contributed by atoms with van der Waals surface area (Å²) < 4.78 is 0. The first-order valence-corrected chi connectivity index (χ1v) is 8.39. The van der Waals surface area contributed by atoms with E-state index < -0.39 is 0 Å². The molecule has 2 aliphatic rings. The first-order valence-electron chi connectivity index (χ1n) is 8.39. The van der Waals surface area contributed by atoms with E-state index in [1.165, 1.54) is 0 Å². The van der Waals surface area contributed by atoms with Crippen LogP contribution in [-0.4, -0.2) is 37.8 Å². The highest BCUT2D eigenvalue weighted by Gasteiger charge is 2.47. The second kappa shape index (κ2) is 6.13. The largest absolute Gasteiger partial charge is 0.348 e. The Morgan fingerprint density at radius 2 is 2.20 bits per heavy atom. The van der Waals surface area contributed by atoms with E-state index >= 15 is 0 Å². The molecule has 2 atom stereocenters. The van der Waals surface area contributed by atoms with Gasteiger partial charge >= 0.3 is 0 Å². The van der Waals surface area contributed by atoms with Gasteiger partial charge in [0.2, 0.25) is 11.9 Å². The zero-order valence-electron chi connectivity index (χ0n) is 13.9. The van der Waals surface area contributed by atoms with Gasteiger partial charge in [-0.3, -0.25) is 9.78 Å². The van der Waals surface area contributed by atoms with Crippen molar-refractivity contribution in [2.45, 2.75) is 44.3 Å². The SMILES string of the molecule is Cc1cc(C#N)nc(N[C@@H]2CC(=O)N(C3CC3)[C@H]2c2cccnc2)n1. The van der Waals surface area contributed by atoms with Crippen LogP contribution in [0.5, 0.6) is 0 Å². The molecule has 1 amide bonds. The van der Waals surface area contributed by atoms with E-state index in [-0.39, 0.29) is 18.0 Å². The smallest absolute Gasteiger partial charge is 0.225 e. The maximum atomic E-state index is 12.6. The predicted octanol–water partition coefficient (Wildman–Crippen LogP) is 1.97. The summed E-state index contributed by atoms with van der Waals surface area (Å²) in [6.45, 7) is 1.82. The van der Waals surface area contributed by atoms with Crippen molar-refractivity contribution >= 4 is 11.9 Å². The number of nitrogens with one attached hydrogen (secondary N) is 1. The second-order valence-electron chi connectivity index (χ2n) is 6.55. The number of anilines is 1. The lowest BCUT2D eigenvalue weighted by molar-refractivity contribution is -0.129. The lowest BCUT2D eigenvalue weighted by atomic mass is 10.0. The van der Waals surface area contributed by atoms with Crippen LogP contribution >= 0.6 is 0 Å². The molecule has 0 spiro atoms. The van der Waals surface area contributed by atoms with Gasteiger partial charge in [0.05, 0.1) is 12.1 Å². The van der Waals surface area contributed by atoms with Crippen LogP contribution in [0.2, 0.25) is 0 Å². The number of nitrogens with zero attached hydrogens (tertiary/aromatic N) is 5. The number of hydrogen-bond donors (Lipinski definition) is 1. The Morgan fingerprint density at radius 1 is 1.36 bits per heavy atom. The van der Waals surface area contributed by atoms with Crippen LogP contribution in [0.25, 0.3) is 0 Å². The van der Waals surface area contributed by atoms with Crippen LogP contribution in [0.3, 0.4) is 0 Å². The Hall–Kier alpha value is -3.01. The summed E-state index contributed by atoms with van der Waals surface area (Å²) in [5.74, 6) is 0.530. The van der Waals surface area contributed by atoms with E-state index in [9.17, 15) is 4.79 Å². The Balaban J connectivity index is 1.67. The molecule has 0 radical (unpaired) electrons. The number of aryl methyl sites for hydroxylation is 1. The van der Waals surface area contributed by atoms with Gasteiger partial charge in [-0.1, -0.05) is 6.07 Å². The average Bonchev–Trinajstić information content (AvgIpc) is 3.39. The summed E-state index contributed by atoms with van der Waals surface area (Å²) >= 11 is 0. The molecule has 1 saturated heterocycles. The molecule has 25 heavy (non-hydrogen) atoms. The maximum Gasteiger partial charge on any atom is 0.225 e. The molecular weight excluding hydrogens is 316 g/mol. The van der Waals surface area contributed by atoms with Gasteiger partial charge in [-0.2, -0.15) is 5.26 Å². The van der Waals surface area contributed by atoms with Crippen LogP contribution in [0.1, 0.15) is 42.3 Å². The number of carbonyl (C=O) groups is 1. The third-order valence-electron chi connectivity index (χ3n) is 4.61. The summed E-state index contributed by atoms with van der Waals surface area (Å²) in [4.78, 5) is 27.4. The van der Waals surface area contributed by atoms with Crippen LogP contribution in [0, 0.1) is 18.3 Å². The Labute approximate surface area is 145 Å². The average molecular weight is 334 g/mol. The molecule has 0 aromatic carbocycles. The fourth-order valence-corrected chi connectivity index (χ4v) is 3.47. The van der Waals surface area contributed by atoms with Gasteiger partial charge in [0.15, 0.2) is 0 Å². The van der Waals surface area contributed by atoms with Gasteiger partial charge < -0.3 is 10.2 Å². The predicted molar refractivity (Wildman–Crippen MR) is 90.4 cm³/mol. The quantitative estimate of drug-likeness (QED) is 0.918. The minimum atomic E-state index is -0.148. The van der Waals surface area contributed by atoms with Crippen LogP contribution in [0.15, 0.2) is 30.6 Å². The number of likely N-dealkylation sites (tertiary alicyclic amines) is 1. The fraction of sp³-hybridized carbons (Fsp3) is 0.389. The van der Waals surface area contributed by atoms with E-state index in [0.29, 0.717) is 24.1 Å². The molecule has 0 bridgehead atoms. The number of pyridine rings is 1. The molecule has 2 aromatic heterocycles. The number of amides is 1. The molecule has 1 aliphatic carbocycles. The van der Waals surface area contributed by atoms with Gasteiger partial charge in [0, 0.05) is 30.6 Å². The number of nitriles is 1. The van der Waals surface area contributed by atoms with Crippen LogP contribution in [-0.2, 0) is 4.79 Å². The summed E-state index contributed by atoms with van der Waals surface area (Å²) in [7, 11) is 0. The molecule has 0 unspecified atom stereocenters. The van der Waals surface area contributed by atoms with Crippen molar-refractivity contribution in [1.29, 1.82) is 5.26 Å². The number of rotatable bonds is 4. The molecule has 4 rings (SSSR count). The standard InChI is InChI=1S/C18H18N6O/c1-11-7-13(9-19)22-18(21-11)23-15-8-16(25)24(14-4-5-14)17(15)12-3-2-6-20-10-12/h2-3,6-7,10,14-15,17H,4-5,8H2,1H3,(H,21,22,23)/t15-,17+/m1/s1. The Kier molecular flexibility index (Phi) is 3.80. The summed E-state index contributed by atoms with van der Waals surface area (Å²) in [6, 6.07) is 7.64. The van der Waals surface area contributed by atoms with Crippen molar-refractivity contribution in [3.05, 3.63) is 47.5 Å². The van der Waals surface area contributed by atoms with Gasteiger partial charge in [-0.25, -0.2) is 9.97 Å². The topological polar surface area (TPSA) is 94.8 Å². The molecule has 2 fully saturated rings. The van der Waals surface area contributed by atoms with Crippen molar-refractivity contribution in [2.24, 2.45) is 0 Å². The molecule has 3 heterocycles. The fourth-order valence-electron chi connectivity index (χ4n) is 3.47. The zero-order valence-corrected chi connectivity index (χ0v) is 13.9. The minimum Gasteiger partial charge on any atom is -0.348 e. The molecule has 7 nitrogen and oxygen atoms in total. The molecule has 126 valence electrons. The van der Waals surface area contributed by atoms with E-state index in [2.05, 4.69) is 20.3 Å². The highest BCUT2D eigenvalue weighted by atomic mass is 16.2. The zero-order chi connectivity index (χ0) is 17.4. The van der Waals surface area contributed by atoms with Crippen LogP contribution < -0.4 is 5.32 Å². The second-order valence-corrected chi connectivity index (χ2v) is 6.55. The monoisotopic (exact) mass is 334 g/mol. The molecule has 1 aliphatic heterocycles. The first-order chi connectivity index (χ1) is 12.2. The van der Waals surface area contributed by atoms with Crippen molar-refractivity contribution in [2.75, 3.05) is 5.32 Å². The van der Waals surface area contributed by atoms with E-state index in [4.69, 9.17) is 5.26 Å². The first kappa shape index (κ1) is 15.5. The van der Waals surface area contributed by atoms with Gasteiger partial charge in [0.25, 0.3) is 0 Å². The summed E-state index contributed by atoms with van der Waals surface area (Å²) in [6.07, 6.45) is 6.02. The summed E-state index contributed by atoms with van der Waals surface area (Å²) in [5, 5.41) is 12.4. The Bertz CT molecular complexity index is 842. The molecule has 1 saturated carbocycles. The number of aromatic nitrogens is 3. The highest BCUT2D eigenvalue weighted by molar-refractivity contribution is 5.81. The highest BCUT2D eigenvalue weighted by Crippen LogP contribution is 2.42. The number of hydrogen-bond acceptors (Lipinski definition) is 6. The third kappa shape index (κ3) is 3.03. The normalized spacial score (nSPS) is 22.7. The Morgan fingerprint density at radius 3 is 2.88 bits per heavy atom. The van der Waals surface area contributed by atoms with Gasteiger partial charge in [-0.05, 0) is 37.5 Å². The maximum absolute atomic E-state index is 12.6. The molecule has 2 aromatic rings. The van der Waals surface area contributed by atoms with Gasteiger partial charge in [-0.15, -0.1) is 0 Å².